The van der Waals surface area contributed by atoms with Crippen molar-refractivity contribution in [1.29, 1.82) is 0 Å². The Balaban J connectivity index is 2.49. The molecule has 1 rings (SSSR count). The van der Waals surface area contributed by atoms with E-state index in [1.807, 2.05) is 25.1 Å². The highest BCUT2D eigenvalue weighted by atomic mass is 32.2. The van der Waals surface area contributed by atoms with Crippen LogP contribution in [0.2, 0.25) is 0 Å². The molecule has 0 aliphatic rings. The summed E-state index contributed by atoms with van der Waals surface area (Å²) >= 11 is 0. The van der Waals surface area contributed by atoms with E-state index in [1.165, 1.54) is 0 Å². The molecule has 0 unspecified atom stereocenters. The normalized spacial score (nSPS) is 11.4. The van der Waals surface area contributed by atoms with E-state index in [9.17, 15) is 8.42 Å². The summed E-state index contributed by atoms with van der Waals surface area (Å²) in [5.41, 5.74) is 1.71. The second-order valence-corrected chi connectivity index (χ2v) is 6.19. The number of hydrogen-bond donors (Lipinski definition) is 1. The Morgan fingerprint density at radius 1 is 1.18 bits per heavy atom. The van der Waals surface area contributed by atoms with E-state index < -0.39 is 10.0 Å². The van der Waals surface area contributed by atoms with E-state index in [-0.39, 0.29) is 5.75 Å². The summed E-state index contributed by atoms with van der Waals surface area (Å²) in [5.74, 6) is 0.209. The van der Waals surface area contributed by atoms with Gasteiger partial charge in [-0.1, -0.05) is 38.3 Å². The van der Waals surface area contributed by atoms with Gasteiger partial charge in [-0.15, -0.1) is 0 Å². The summed E-state index contributed by atoms with van der Waals surface area (Å²) < 4.78 is 26.1. The molecule has 0 aromatic heterocycles. The minimum atomic E-state index is -3.18. The molecule has 0 aliphatic heterocycles. The minimum absolute atomic E-state index is 0.209. The third-order valence-corrected chi connectivity index (χ3v) is 3.93. The molecular weight excluding hydrogens is 234 g/mol. The minimum Gasteiger partial charge on any atom is -0.284 e. The summed E-state index contributed by atoms with van der Waals surface area (Å²) in [7, 11) is -3.18. The first-order chi connectivity index (χ1) is 8.03. The first-order valence-corrected chi connectivity index (χ1v) is 7.76. The Labute approximate surface area is 104 Å². The number of sulfonamides is 1. The zero-order valence-corrected chi connectivity index (χ0v) is 11.4. The van der Waals surface area contributed by atoms with Crippen LogP contribution in [-0.4, -0.2) is 14.2 Å². The predicted octanol–water partition coefficient (Wildman–Crippen LogP) is 3.32. The van der Waals surface area contributed by atoms with Crippen molar-refractivity contribution >= 4 is 15.7 Å². The first-order valence-electron chi connectivity index (χ1n) is 6.10. The van der Waals surface area contributed by atoms with Gasteiger partial charge < -0.3 is 0 Å². The molecule has 0 fully saturated rings. The van der Waals surface area contributed by atoms with Crippen molar-refractivity contribution in [2.75, 3.05) is 10.5 Å². The van der Waals surface area contributed by atoms with Crippen LogP contribution in [0.3, 0.4) is 0 Å². The molecule has 0 amide bonds. The van der Waals surface area contributed by atoms with Crippen LogP contribution in [-0.2, 0) is 10.0 Å². The van der Waals surface area contributed by atoms with Crippen molar-refractivity contribution < 1.29 is 8.42 Å². The number of aryl methyl sites for hydroxylation is 1. The number of hydrogen-bond acceptors (Lipinski definition) is 2. The lowest BCUT2D eigenvalue weighted by Crippen LogP contribution is -2.16. The standard InChI is InChI=1S/C13H21NO2S/c1-3-4-5-6-10-17(15,16)14-13-9-7-8-12(2)11-13/h7-9,11,14H,3-6,10H2,1-2H3. The molecule has 0 spiro atoms. The van der Waals surface area contributed by atoms with Crippen LogP contribution in [0, 0.1) is 6.92 Å². The Kier molecular flexibility index (Phi) is 5.48. The average molecular weight is 255 g/mol. The van der Waals surface area contributed by atoms with Gasteiger partial charge in [-0.25, -0.2) is 8.42 Å². The van der Waals surface area contributed by atoms with Crippen LogP contribution in [0.5, 0.6) is 0 Å². The summed E-state index contributed by atoms with van der Waals surface area (Å²) in [5, 5.41) is 0. The molecule has 3 nitrogen and oxygen atoms in total. The molecule has 1 N–H and O–H groups in total. The van der Waals surface area contributed by atoms with Crippen LogP contribution >= 0.6 is 0 Å². The summed E-state index contributed by atoms with van der Waals surface area (Å²) in [4.78, 5) is 0. The molecule has 1 aromatic carbocycles. The molecule has 0 bridgehead atoms. The fourth-order valence-corrected chi connectivity index (χ4v) is 2.83. The molecule has 0 aliphatic carbocycles. The van der Waals surface area contributed by atoms with Gasteiger partial charge in [-0.3, -0.25) is 4.72 Å². The SMILES string of the molecule is CCCCCCS(=O)(=O)Nc1cccc(C)c1. The van der Waals surface area contributed by atoms with Gasteiger partial charge in [0, 0.05) is 5.69 Å². The highest BCUT2D eigenvalue weighted by Crippen LogP contribution is 2.12. The molecular formula is C13H21NO2S. The third kappa shape index (κ3) is 5.73. The summed E-state index contributed by atoms with van der Waals surface area (Å²) in [6, 6.07) is 7.41. The van der Waals surface area contributed by atoms with Gasteiger partial charge in [0.2, 0.25) is 10.0 Å². The second-order valence-electron chi connectivity index (χ2n) is 4.35. The summed E-state index contributed by atoms with van der Waals surface area (Å²) in [6.45, 7) is 4.05. The van der Waals surface area contributed by atoms with Gasteiger partial charge in [0.05, 0.1) is 5.75 Å². The van der Waals surface area contributed by atoms with E-state index in [0.29, 0.717) is 5.69 Å². The van der Waals surface area contributed by atoms with Crippen LogP contribution < -0.4 is 4.72 Å². The molecule has 1 aromatic rings. The predicted molar refractivity (Wildman–Crippen MR) is 72.7 cm³/mol. The van der Waals surface area contributed by atoms with Gasteiger partial charge in [-0.05, 0) is 31.0 Å². The lowest BCUT2D eigenvalue weighted by Gasteiger charge is -2.08. The molecule has 0 heterocycles. The summed E-state index contributed by atoms with van der Waals surface area (Å²) in [6.07, 6.45) is 3.92. The van der Waals surface area contributed by atoms with Crippen molar-refractivity contribution in [2.45, 2.75) is 39.5 Å². The van der Waals surface area contributed by atoms with Crippen molar-refractivity contribution in [3.63, 3.8) is 0 Å². The average Bonchev–Trinajstić information content (AvgIpc) is 2.24. The highest BCUT2D eigenvalue weighted by molar-refractivity contribution is 7.92. The van der Waals surface area contributed by atoms with Crippen molar-refractivity contribution in [3.05, 3.63) is 29.8 Å². The number of rotatable bonds is 7. The Bertz CT molecular complexity index is 440. The van der Waals surface area contributed by atoms with E-state index in [1.54, 1.807) is 6.07 Å². The maximum absolute atomic E-state index is 11.8. The molecule has 0 radical (unpaired) electrons. The van der Waals surface area contributed by atoms with E-state index in [0.717, 1.165) is 31.2 Å². The maximum Gasteiger partial charge on any atom is 0.232 e. The maximum atomic E-state index is 11.8. The lowest BCUT2D eigenvalue weighted by atomic mass is 10.2. The zero-order valence-electron chi connectivity index (χ0n) is 10.6. The van der Waals surface area contributed by atoms with Gasteiger partial charge in [0.25, 0.3) is 0 Å². The number of anilines is 1. The Morgan fingerprint density at radius 3 is 2.59 bits per heavy atom. The van der Waals surface area contributed by atoms with Crippen LogP contribution in [0.25, 0.3) is 0 Å². The molecule has 17 heavy (non-hydrogen) atoms. The van der Waals surface area contributed by atoms with Crippen LogP contribution in [0.1, 0.15) is 38.2 Å². The van der Waals surface area contributed by atoms with Crippen molar-refractivity contribution in [2.24, 2.45) is 0 Å². The van der Waals surface area contributed by atoms with Gasteiger partial charge in [-0.2, -0.15) is 0 Å². The quantitative estimate of drug-likeness (QED) is 0.760. The number of unbranched alkanes of at least 4 members (excludes halogenated alkanes) is 3. The van der Waals surface area contributed by atoms with Gasteiger partial charge in [0.15, 0.2) is 0 Å². The zero-order chi connectivity index (χ0) is 12.7. The highest BCUT2D eigenvalue weighted by Gasteiger charge is 2.09. The van der Waals surface area contributed by atoms with E-state index in [4.69, 9.17) is 0 Å². The molecule has 4 heteroatoms. The molecule has 0 saturated carbocycles. The second kappa shape index (κ2) is 6.64. The smallest absolute Gasteiger partial charge is 0.232 e. The Hall–Kier alpha value is -1.03. The lowest BCUT2D eigenvalue weighted by molar-refractivity contribution is 0.594. The van der Waals surface area contributed by atoms with Crippen LogP contribution in [0.4, 0.5) is 5.69 Å². The molecule has 0 saturated heterocycles. The van der Waals surface area contributed by atoms with Crippen molar-refractivity contribution in [3.8, 4) is 0 Å². The third-order valence-electron chi connectivity index (χ3n) is 2.56. The van der Waals surface area contributed by atoms with Crippen molar-refractivity contribution in [1.82, 2.24) is 0 Å². The largest absolute Gasteiger partial charge is 0.284 e. The Morgan fingerprint density at radius 2 is 1.94 bits per heavy atom. The number of nitrogens with one attached hydrogen (secondary N) is 1. The first kappa shape index (κ1) is 14.0. The topological polar surface area (TPSA) is 46.2 Å². The molecule has 0 atom stereocenters. The fraction of sp³-hybridized carbons (Fsp3) is 0.538. The van der Waals surface area contributed by atoms with Gasteiger partial charge >= 0.3 is 0 Å². The number of benzene rings is 1. The fourth-order valence-electron chi connectivity index (χ4n) is 1.66. The van der Waals surface area contributed by atoms with E-state index in [2.05, 4.69) is 11.6 Å². The molecule has 96 valence electrons. The van der Waals surface area contributed by atoms with E-state index >= 15 is 0 Å². The van der Waals surface area contributed by atoms with Gasteiger partial charge in [0.1, 0.15) is 0 Å². The van der Waals surface area contributed by atoms with Crippen LogP contribution in [0.15, 0.2) is 24.3 Å². The monoisotopic (exact) mass is 255 g/mol.